The summed E-state index contributed by atoms with van der Waals surface area (Å²) in [5.74, 6) is -2.26. The molecule has 3 N–H and O–H groups in total. The first-order valence-corrected chi connectivity index (χ1v) is 9.51. The number of pyridine rings is 1. The van der Waals surface area contributed by atoms with Gasteiger partial charge in [0, 0.05) is 23.1 Å². The minimum atomic E-state index is -1.23. The van der Waals surface area contributed by atoms with Gasteiger partial charge in [-0.2, -0.15) is 0 Å². The molecule has 0 aliphatic rings. The molecule has 0 spiro atoms. The number of carbonyl (C=O) groups excluding carboxylic acids is 2. The van der Waals surface area contributed by atoms with Crippen LogP contribution in [0.2, 0.25) is 5.02 Å². The van der Waals surface area contributed by atoms with Crippen molar-refractivity contribution in [3.8, 4) is 11.1 Å². The number of halogens is 1. The Bertz CT molecular complexity index is 1110. The van der Waals surface area contributed by atoms with Crippen LogP contribution in [-0.4, -0.2) is 70.6 Å². The summed E-state index contributed by atoms with van der Waals surface area (Å²) in [6, 6.07) is 15.1. The van der Waals surface area contributed by atoms with Crippen LogP contribution in [0.25, 0.3) is 11.1 Å². The molecule has 0 radical (unpaired) electrons. The number of carboxylic acid groups (broad SMARTS) is 1. The number of aromatic carboxylic acids is 1. The molecule has 1 aromatic heterocycles. The van der Waals surface area contributed by atoms with Crippen molar-refractivity contribution >= 4 is 70.3 Å². The molecule has 0 saturated carbocycles. The zero-order chi connectivity index (χ0) is 22.2. The summed E-state index contributed by atoms with van der Waals surface area (Å²) in [4.78, 5) is 39.4. The second-order valence-corrected chi connectivity index (χ2v) is 6.84. The molecule has 2 aromatic carbocycles. The van der Waals surface area contributed by atoms with Gasteiger partial charge >= 0.3 is 35.5 Å². The Hall–Kier alpha value is -2.75. The number of amides is 2. The zero-order valence-electron chi connectivity index (χ0n) is 16.2. The van der Waals surface area contributed by atoms with Crippen molar-refractivity contribution in [1.82, 2.24) is 4.98 Å². The van der Waals surface area contributed by atoms with Crippen molar-refractivity contribution in [3.63, 3.8) is 0 Å². The number of nitrogens with zero attached hydrogens (tertiary/aromatic N) is 1. The van der Waals surface area contributed by atoms with E-state index in [1.165, 1.54) is 18.2 Å². The van der Waals surface area contributed by atoms with E-state index in [0.717, 1.165) is 11.1 Å². The molecule has 3 rings (SSSR count). The van der Waals surface area contributed by atoms with Crippen LogP contribution in [0.3, 0.4) is 0 Å². The van der Waals surface area contributed by atoms with E-state index in [9.17, 15) is 19.5 Å². The van der Waals surface area contributed by atoms with E-state index < -0.39 is 24.4 Å². The number of carboxylic acids is 1. The van der Waals surface area contributed by atoms with Crippen LogP contribution in [0.15, 0.2) is 67.0 Å². The van der Waals surface area contributed by atoms with Crippen molar-refractivity contribution in [2.75, 3.05) is 23.8 Å². The number of hydrogen-bond acceptors (Lipinski definition) is 5. The topological polar surface area (TPSA) is 118 Å². The van der Waals surface area contributed by atoms with Gasteiger partial charge in [-0.3, -0.25) is 14.6 Å². The Morgan fingerprint density at radius 3 is 2.28 bits per heavy atom. The van der Waals surface area contributed by atoms with Crippen molar-refractivity contribution in [3.05, 3.63) is 77.6 Å². The quantitative estimate of drug-likeness (QED) is 0.442. The van der Waals surface area contributed by atoms with E-state index in [2.05, 4.69) is 15.6 Å². The second-order valence-electron chi connectivity index (χ2n) is 6.40. The average Bonchev–Trinajstić information content (AvgIpc) is 2.75. The fourth-order valence-electron chi connectivity index (χ4n) is 2.74. The maximum absolute atomic E-state index is 12.1. The van der Waals surface area contributed by atoms with Crippen LogP contribution in [0.1, 0.15) is 10.4 Å². The van der Waals surface area contributed by atoms with Crippen LogP contribution in [-0.2, 0) is 14.3 Å². The first-order chi connectivity index (χ1) is 14.9. The Balaban J connectivity index is 0.00000363. The summed E-state index contributed by atoms with van der Waals surface area (Å²) in [6.07, 6.45) is 3.37. The summed E-state index contributed by atoms with van der Waals surface area (Å²) < 4.78 is 5.13. The van der Waals surface area contributed by atoms with Gasteiger partial charge in [0.25, 0.3) is 0 Å². The molecule has 0 atom stereocenters. The van der Waals surface area contributed by atoms with Crippen molar-refractivity contribution in [2.45, 2.75) is 0 Å². The van der Waals surface area contributed by atoms with Gasteiger partial charge < -0.3 is 20.5 Å². The van der Waals surface area contributed by atoms with E-state index >= 15 is 0 Å². The molecule has 8 nitrogen and oxygen atoms in total. The molecule has 0 bridgehead atoms. The maximum atomic E-state index is 12.1. The van der Waals surface area contributed by atoms with E-state index in [4.69, 9.17) is 16.3 Å². The normalized spacial score (nSPS) is 10.0. The SMILES string of the molecule is O=C(COCC(=O)Nc1ccc(Cl)cc1C(=O)O)Nc1cccc(-c2ccncc2)c1.[NaH]. The monoisotopic (exact) mass is 463 g/mol. The molecule has 0 saturated heterocycles. The van der Waals surface area contributed by atoms with Crippen molar-refractivity contribution in [1.29, 1.82) is 0 Å². The van der Waals surface area contributed by atoms with E-state index in [1.807, 2.05) is 30.3 Å². The summed E-state index contributed by atoms with van der Waals surface area (Å²) in [5, 5.41) is 14.5. The predicted octanol–water partition coefficient (Wildman–Crippen LogP) is 3.05. The van der Waals surface area contributed by atoms with Gasteiger partial charge in [-0.1, -0.05) is 23.7 Å². The van der Waals surface area contributed by atoms with Gasteiger partial charge in [0.15, 0.2) is 0 Å². The van der Waals surface area contributed by atoms with E-state index in [1.54, 1.807) is 18.5 Å². The molecule has 0 aliphatic carbocycles. The Morgan fingerprint density at radius 1 is 0.906 bits per heavy atom. The third kappa shape index (κ3) is 7.44. The molecule has 10 heteroatoms. The second kappa shape index (κ2) is 12.3. The number of rotatable bonds is 8. The molecule has 0 aliphatic heterocycles. The molecule has 2 amide bonds. The molecule has 1 heterocycles. The number of carbonyl (C=O) groups is 3. The van der Waals surface area contributed by atoms with E-state index in [0.29, 0.717) is 5.69 Å². The van der Waals surface area contributed by atoms with Crippen molar-refractivity contribution in [2.24, 2.45) is 0 Å². The number of ether oxygens (including phenoxy) is 1. The molecular weight excluding hydrogens is 445 g/mol. The number of anilines is 2. The number of hydrogen-bond donors (Lipinski definition) is 3. The average molecular weight is 464 g/mol. The minimum absolute atomic E-state index is 0. The first-order valence-electron chi connectivity index (χ1n) is 9.13. The molecular formula is C22H19ClN3NaO5. The summed E-state index contributed by atoms with van der Waals surface area (Å²) in [5.41, 5.74) is 2.40. The van der Waals surface area contributed by atoms with E-state index in [-0.39, 0.29) is 52.4 Å². The van der Waals surface area contributed by atoms with Crippen LogP contribution in [0, 0.1) is 0 Å². The number of nitrogens with one attached hydrogen (secondary N) is 2. The number of benzene rings is 2. The first kappa shape index (κ1) is 25.5. The molecule has 160 valence electrons. The number of aromatic nitrogens is 1. The Kier molecular flexibility index (Phi) is 9.83. The third-order valence-corrected chi connectivity index (χ3v) is 4.35. The Labute approximate surface area is 211 Å². The predicted molar refractivity (Wildman–Crippen MR) is 123 cm³/mol. The summed E-state index contributed by atoms with van der Waals surface area (Å²) in [6.45, 7) is -0.772. The van der Waals surface area contributed by atoms with Gasteiger partial charge in [-0.05, 0) is 53.6 Å². The summed E-state index contributed by atoms with van der Waals surface area (Å²) in [7, 11) is 0. The summed E-state index contributed by atoms with van der Waals surface area (Å²) >= 11 is 5.78. The van der Waals surface area contributed by atoms with Crippen LogP contribution in [0.4, 0.5) is 11.4 Å². The van der Waals surface area contributed by atoms with Crippen LogP contribution in [0.5, 0.6) is 0 Å². The van der Waals surface area contributed by atoms with Gasteiger partial charge in [-0.25, -0.2) is 4.79 Å². The standard InChI is InChI=1S/C22H18ClN3O5.Na.H/c23-16-4-5-19(18(11-16)22(29)30)26-21(28)13-31-12-20(27)25-17-3-1-2-15(10-17)14-6-8-24-9-7-14;;/h1-11H,12-13H2,(H,25,27)(H,26,28)(H,29,30);;. The fraction of sp³-hybridized carbons (Fsp3) is 0.0909. The van der Waals surface area contributed by atoms with Gasteiger partial charge in [0.05, 0.1) is 11.3 Å². The van der Waals surface area contributed by atoms with Gasteiger partial charge in [0.2, 0.25) is 11.8 Å². The van der Waals surface area contributed by atoms with Crippen LogP contribution >= 0.6 is 11.6 Å². The Morgan fingerprint density at radius 2 is 1.59 bits per heavy atom. The van der Waals surface area contributed by atoms with Crippen molar-refractivity contribution < 1.29 is 24.2 Å². The van der Waals surface area contributed by atoms with Crippen LogP contribution < -0.4 is 10.6 Å². The third-order valence-electron chi connectivity index (χ3n) is 4.11. The molecule has 0 unspecified atom stereocenters. The molecule has 0 fully saturated rings. The fourth-order valence-corrected chi connectivity index (χ4v) is 2.92. The van der Waals surface area contributed by atoms with Gasteiger partial charge in [0.1, 0.15) is 13.2 Å². The molecule has 32 heavy (non-hydrogen) atoms. The van der Waals surface area contributed by atoms with Gasteiger partial charge in [-0.15, -0.1) is 0 Å². The zero-order valence-corrected chi connectivity index (χ0v) is 16.9. The molecule has 3 aromatic rings.